The second kappa shape index (κ2) is 12.2. The monoisotopic (exact) mass is 302 g/mol. The van der Waals surface area contributed by atoms with E-state index in [9.17, 15) is 14.4 Å². The summed E-state index contributed by atoms with van der Waals surface area (Å²) in [5, 5.41) is 0. The molecule has 0 unspecified atom stereocenters. The van der Waals surface area contributed by atoms with Crippen molar-refractivity contribution < 1.29 is 28.6 Å². The zero-order valence-electron chi connectivity index (χ0n) is 13.2. The maximum absolute atomic E-state index is 11.7. The minimum atomic E-state index is -0.745. The number of unbranched alkanes of at least 4 members (excludes halogenated alkanes) is 2. The van der Waals surface area contributed by atoms with E-state index in [1.54, 1.807) is 13.8 Å². The molecule has 0 rings (SSSR count). The highest BCUT2D eigenvalue weighted by molar-refractivity contribution is 5.70. The summed E-state index contributed by atoms with van der Waals surface area (Å²) in [6, 6.07) is 0. The van der Waals surface area contributed by atoms with E-state index in [-0.39, 0.29) is 44.0 Å². The number of hydrogen-bond acceptors (Lipinski definition) is 6. The van der Waals surface area contributed by atoms with E-state index >= 15 is 0 Å². The van der Waals surface area contributed by atoms with Crippen LogP contribution in [0.5, 0.6) is 0 Å². The van der Waals surface area contributed by atoms with Gasteiger partial charge >= 0.3 is 17.9 Å². The number of carbonyl (C=O) groups excluding carboxylic acids is 3. The van der Waals surface area contributed by atoms with Gasteiger partial charge in [0, 0.05) is 19.3 Å². The van der Waals surface area contributed by atoms with E-state index in [4.69, 9.17) is 14.2 Å². The van der Waals surface area contributed by atoms with Gasteiger partial charge in [-0.05, 0) is 6.42 Å². The standard InChI is InChI=1S/C15H26O6/c1-4-7-8-9-15(18)21-12(10-19-13(16)5-2)11-20-14(17)6-3/h12H,4-11H2,1-3H3. The Labute approximate surface area is 126 Å². The third-order valence-corrected chi connectivity index (χ3v) is 2.72. The molecule has 21 heavy (non-hydrogen) atoms. The molecule has 0 heterocycles. The molecule has 0 spiro atoms. The Hall–Kier alpha value is -1.59. The Bertz CT molecular complexity index is 306. The highest BCUT2D eigenvalue weighted by Crippen LogP contribution is 2.05. The number of esters is 3. The van der Waals surface area contributed by atoms with Crippen LogP contribution in [0.1, 0.15) is 59.3 Å². The van der Waals surface area contributed by atoms with Crippen molar-refractivity contribution in [3.05, 3.63) is 0 Å². The maximum atomic E-state index is 11.7. The summed E-state index contributed by atoms with van der Waals surface area (Å²) in [5.41, 5.74) is 0. The van der Waals surface area contributed by atoms with Crippen molar-refractivity contribution in [3.8, 4) is 0 Å². The summed E-state index contributed by atoms with van der Waals surface area (Å²) in [7, 11) is 0. The molecule has 0 bridgehead atoms. The van der Waals surface area contributed by atoms with Crippen molar-refractivity contribution in [2.75, 3.05) is 13.2 Å². The molecule has 6 nitrogen and oxygen atoms in total. The molecule has 0 atom stereocenters. The van der Waals surface area contributed by atoms with Gasteiger partial charge in [0.1, 0.15) is 13.2 Å². The highest BCUT2D eigenvalue weighted by Gasteiger charge is 2.18. The molecule has 0 N–H and O–H groups in total. The van der Waals surface area contributed by atoms with Crippen molar-refractivity contribution >= 4 is 17.9 Å². The van der Waals surface area contributed by atoms with E-state index in [0.717, 1.165) is 19.3 Å². The fraction of sp³-hybridized carbons (Fsp3) is 0.800. The molecule has 0 saturated carbocycles. The largest absolute Gasteiger partial charge is 0.462 e. The summed E-state index contributed by atoms with van der Waals surface area (Å²) >= 11 is 0. The van der Waals surface area contributed by atoms with Crippen LogP contribution < -0.4 is 0 Å². The number of rotatable bonds is 11. The average molecular weight is 302 g/mol. The maximum Gasteiger partial charge on any atom is 0.306 e. The molecule has 6 heteroatoms. The lowest BCUT2D eigenvalue weighted by atomic mass is 10.2. The molecular formula is C15H26O6. The number of ether oxygens (including phenoxy) is 3. The lowest BCUT2D eigenvalue weighted by Gasteiger charge is -2.17. The van der Waals surface area contributed by atoms with Crippen LogP contribution in [0.15, 0.2) is 0 Å². The Balaban J connectivity index is 4.24. The Morgan fingerprint density at radius 3 is 1.76 bits per heavy atom. The SMILES string of the molecule is CCCCCC(=O)OC(COC(=O)CC)COC(=O)CC. The molecule has 0 aliphatic rings. The van der Waals surface area contributed by atoms with Crippen molar-refractivity contribution in [2.24, 2.45) is 0 Å². The average Bonchev–Trinajstić information content (AvgIpc) is 2.49. The van der Waals surface area contributed by atoms with Crippen molar-refractivity contribution in [3.63, 3.8) is 0 Å². The fourth-order valence-electron chi connectivity index (χ4n) is 1.46. The Kier molecular flexibility index (Phi) is 11.3. The van der Waals surface area contributed by atoms with E-state index in [1.807, 2.05) is 6.92 Å². The third kappa shape index (κ3) is 10.8. The van der Waals surface area contributed by atoms with Gasteiger partial charge in [-0.1, -0.05) is 33.6 Å². The summed E-state index contributed by atoms with van der Waals surface area (Å²) in [4.78, 5) is 33.9. The van der Waals surface area contributed by atoms with Gasteiger partial charge < -0.3 is 14.2 Å². The minimum absolute atomic E-state index is 0.0941. The molecule has 0 aliphatic heterocycles. The molecule has 0 amide bonds. The highest BCUT2D eigenvalue weighted by atomic mass is 16.6. The van der Waals surface area contributed by atoms with E-state index in [2.05, 4.69) is 0 Å². The second-order valence-electron chi connectivity index (χ2n) is 4.64. The predicted octanol–water partition coefficient (Wildman–Crippen LogP) is 2.38. The van der Waals surface area contributed by atoms with Gasteiger partial charge in [0.2, 0.25) is 0 Å². The first-order valence-electron chi connectivity index (χ1n) is 7.54. The van der Waals surface area contributed by atoms with Crippen LogP contribution in [0.2, 0.25) is 0 Å². The van der Waals surface area contributed by atoms with Crippen LogP contribution in [0, 0.1) is 0 Å². The number of hydrogen-bond donors (Lipinski definition) is 0. The molecule has 0 aromatic heterocycles. The molecule has 0 fully saturated rings. The summed E-state index contributed by atoms with van der Waals surface area (Å²) in [5.74, 6) is -1.14. The van der Waals surface area contributed by atoms with E-state index in [1.165, 1.54) is 0 Å². The van der Waals surface area contributed by atoms with E-state index < -0.39 is 6.10 Å². The van der Waals surface area contributed by atoms with Crippen LogP contribution in [-0.2, 0) is 28.6 Å². The molecule has 0 aliphatic carbocycles. The van der Waals surface area contributed by atoms with E-state index in [0.29, 0.717) is 6.42 Å². The minimum Gasteiger partial charge on any atom is -0.462 e. The van der Waals surface area contributed by atoms with Crippen LogP contribution >= 0.6 is 0 Å². The Morgan fingerprint density at radius 2 is 1.33 bits per heavy atom. The molecular weight excluding hydrogens is 276 g/mol. The van der Waals surface area contributed by atoms with Crippen molar-refractivity contribution in [2.45, 2.75) is 65.4 Å². The van der Waals surface area contributed by atoms with Gasteiger partial charge in [-0.3, -0.25) is 14.4 Å². The molecule has 0 radical (unpaired) electrons. The van der Waals surface area contributed by atoms with Gasteiger partial charge in [0.05, 0.1) is 0 Å². The van der Waals surface area contributed by atoms with Crippen molar-refractivity contribution in [1.29, 1.82) is 0 Å². The van der Waals surface area contributed by atoms with Crippen molar-refractivity contribution in [1.82, 2.24) is 0 Å². The van der Waals surface area contributed by atoms with Gasteiger partial charge in [-0.15, -0.1) is 0 Å². The topological polar surface area (TPSA) is 78.9 Å². The van der Waals surface area contributed by atoms with Gasteiger partial charge in [-0.2, -0.15) is 0 Å². The Morgan fingerprint density at radius 1 is 0.810 bits per heavy atom. The molecule has 0 saturated heterocycles. The zero-order valence-corrected chi connectivity index (χ0v) is 13.2. The van der Waals surface area contributed by atoms with Crippen LogP contribution in [0.4, 0.5) is 0 Å². The molecule has 0 aromatic rings. The molecule has 0 aromatic carbocycles. The van der Waals surface area contributed by atoms with Crippen LogP contribution in [-0.4, -0.2) is 37.2 Å². The second-order valence-corrected chi connectivity index (χ2v) is 4.64. The smallest absolute Gasteiger partial charge is 0.306 e. The summed E-state index contributed by atoms with van der Waals surface area (Å²) < 4.78 is 15.1. The van der Waals surface area contributed by atoms with Gasteiger partial charge in [0.25, 0.3) is 0 Å². The first-order valence-corrected chi connectivity index (χ1v) is 7.54. The predicted molar refractivity (Wildman–Crippen MR) is 76.5 cm³/mol. The third-order valence-electron chi connectivity index (χ3n) is 2.72. The number of carbonyl (C=O) groups is 3. The fourth-order valence-corrected chi connectivity index (χ4v) is 1.46. The normalized spacial score (nSPS) is 10.3. The van der Waals surface area contributed by atoms with Crippen LogP contribution in [0.25, 0.3) is 0 Å². The summed E-state index contributed by atoms with van der Waals surface area (Å²) in [6.45, 7) is 5.20. The summed E-state index contributed by atoms with van der Waals surface area (Å²) in [6.07, 6.45) is 2.77. The van der Waals surface area contributed by atoms with Gasteiger partial charge in [-0.25, -0.2) is 0 Å². The quantitative estimate of drug-likeness (QED) is 0.331. The first-order chi connectivity index (χ1) is 10.0. The first kappa shape index (κ1) is 19.4. The van der Waals surface area contributed by atoms with Gasteiger partial charge in [0.15, 0.2) is 6.10 Å². The van der Waals surface area contributed by atoms with Crippen LogP contribution in [0.3, 0.4) is 0 Å². The lowest BCUT2D eigenvalue weighted by molar-refractivity contribution is -0.166. The lowest BCUT2D eigenvalue weighted by Crippen LogP contribution is -2.30. The zero-order chi connectivity index (χ0) is 16.1. The molecule has 122 valence electrons.